The van der Waals surface area contributed by atoms with Crippen LogP contribution in [0.5, 0.6) is 0 Å². The van der Waals surface area contributed by atoms with Crippen molar-refractivity contribution in [2.75, 3.05) is 0 Å². The van der Waals surface area contributed by atoms with Crippen LogP contribution in [0.3, 0.4) is 0 Å². The molecule has 1 aromatic carbocycles. The van der Waals surface area contributed by atoms with E-state index >= 15 is 0 Å². The maximum atomic E-state index is 13.5. The molecule has 0 spiro atoms. The minimum absolute atomic E-state index is 0.140. The topological polar surface area (TPSA) is 23.8 Å². The second kappa shape index (κ2) is 3.53. The summed E-state index contributed by atoms with van der Waals surface area (Å²) in [6.45, 7) is 1.15. The maximum absolute atomic E-state index is 13.5. The van der Waals surface area contributed by atoms with Gasteiger partial charge in [0.15, 0.2) is 0 Å². The molecule has 1 rings (SSSR count). The highest BCUT2D eigenvalue weighted by Crippen LogP contribution is 2.32. The molecular formula is C9H6Cl2FN. The Hall–Kier alpha value is -0.780. The Bertz CT molecular complexity index is 368. The Balaban J connectivity index is 3.26. The van der Waals surface area contributed by atoms with E-state index in [1.54, 1.807) is 0 Å². The minimum atomic E-state index is -2.07. The van der Waals surface area contributed by atoms with E-state index in [1.807, 2.05) is 0 Å². The maximum Gasteiger partial charge on any atom is 0.219 e. The highest BCUT2D eigenvalue weighted by Gasteiger charge is 2.27. The lowest BCUT2D eigenvalue weighted by atomic mass is 10.00. The van der Waals surface area contributed by atoms with Crippen LogP contribution in [0.2, 0.25) is 10.0 Å². The number of hydrogen-bond acceptors (Lipinski definition) is 1. The van der Waals surface area contributed by atoms with Crippen LogP contribution in [0.4, 0.5) is 4.39 Å². The van der Waals surface area contributed by atoms with Crippen LogP contribution in [-0.2, 0) is 5.67 Å². The Morgan fingerprint density at radius 2 is 2.08 bits per heavy atom. The summed E-state index contributed by atoms with van der Waals surface area (Å²) in [7, 11) is 0. The van der Waals surface area contributed by atoms with Gasteiger partial charge in [-0.3, -0.25) is 0 Å². The lowest BCUT2D eigenvalue weighted by Crippen LogP contribution is -2.12. The largest absolute Gasteiger partial charge is 0.222 e. The summed E-state index contributed by atoms with van der Waals surface area (Å²) in [5.74, 6) is 0. The Kier molecular flexibility index (Phi) is 2.80. The van der Waals surface area contributed by atoms with E-state index in [1.165, 1.54) is 24.3 Å². The van der Waals surface area contributed by atoms with E-state index in [9.17, 15) is 4.39 Å². The molecule has 0 saturated carbocycles. The molecule has 0 bridgehead atoms. The van der Waals surface area contributed by atoms with Crippen molar-refractivity contribution < 1.29 is 4.39 Å². The fraction of sp³-hybridized carbons (Fsp3) is 0.222. The number of hydrogen-bond donors (Lipinski definition) is 0. The summed E-state index contributed by atoms with van der Waals surface area (Å²) >= 11 is 11.3. The summed E-state index contributed by atoms with van der Waals surface area (Å²) in [4.78, 5) is 0. The van der Waals surface area contributed by atoms with Crippen LogP contribution < -0.4 is 0 Å². The van der Waals surface area contributed by atoms with Crippen molar-refractivity contribution in [2.45, 2.75) is 12.6 Å². The highest BCUT2D eigenvalue weighted by atomic mass is 35.5. The van der Waals surface area contributed by atoms with Gasteiger partial charge in [-0.1, -0.05) is 29.3 Å². The van der Waals surface area contributed by atoms with Gasteiger partial charge >= 0.3 is 0 Å². The molecule has 4 heteroatoms. The first kappa shape index (κ1) is 10.3. The number of halogens is 3. The first-order valence-electron chi connectivity index (χ1n) is 3.53. The zero-order valence-electron chi connectivity index (χ0n) is 6.81. The number of alkyl halides is 1. The standard InChI is InChI=1S/C9H6Cl2FN/c1-9(12,5-13)7-3-2-6(10)4-8(7)11/h2-4H,1H3/t9-/m0/s1. The van der Waals surface area contributed by atoms with Crippen LogP contribution in [0.25, 0.3) is 0 Å². The zero-order chi connectivity index (χ0) is 10.1. The molecule has 0 aliphatic rings. The SMILES string of the molecule is C[C@](F)(C#N)c1ccc(Cl)cc1Cl. The summed E-state index contributed by atoms with van der Waals surface area (Å²) in [5, 5.41) is 9.11. The molecule has 13 heavy (non-hydrogen) atoms. The summed E-state index contributed by atoms with van der Waals surface area (Å²) in [6.07, 6.45) is 0. The van der Waals surface area contributed by atoms with Crippen molar-refractivity contribution in [3.8, 4) is 6.07 Å². The van der Waals surface area contributed by atoms with Crippen LogP contribution in [0, 0.1) is 11.3 Å². The third-order valence-corrected chi connectivity index (χ3v) is 2.19. The molecule has 1 aromatic rings. The second-order valence-corrected chi connectivity index (χ2v) is 3.58. The van der Waals surface area contributed by atoms with Crippen molar-refractivity contribution >= 4 is 23.2 Å². The Labute approximate surface area is 85.7 Å². The first-order valence-corrected chi connectivity index (χ1v) is 4.28. The lowest BCUT2D eigenvalue weighted by molar-refractivity contribution is 0.274. The fourth-order valence-electron chi connectivity index (χ4n) is 0.930. The predicted octanol–water partition coefficient (Wildman–Crippen LogP) is 3.70. The molecule has 1 atom stereocenters. The molecule has 0 amide bonds. The number of rotatable bonds is 1. The van der Waals surface area contributed by atoms with Crippen LogP contribution in [0.1, 0.15) is 12.5 Å². The summed E-state index contributed by atoms with van der Waals surface area (Å²) in [5.41, 5.74) is -1.93. The molecule has 0 aliphatic carbocycles. The van der Waals surface area contributed by atoms with E-state index in [0.29, 0.717) is 5.02 Å². The van der Waals surface area contributed by atoms with Crippen molar-refractivity contribution in [1.82, 2.24) is 0 Å². The average molecular weight is 218 g/mol. The average Bonchev–Trinajstić information content (AvgIpc) is 2.03. The van der Waals surface area contributed by atoms with Gasteiger partial charge in [-0.25, -0.2) is 4.39 Å². The molecule has 0 aromatic heterocycles. The third kappa shape index (κ3) is 2.12. The summed E-state index contributed by atoms with van der Waals surface area (Å²) in [6, 6.07) is 5.84. The molecule has 68 valence electrons. The smallest absolute Gasteiger partial charge is 0.219 e. The van der Waals surface area contributed by atoms with Gasteiger partial charge in [-0.05, 0) is 19.1 Å². The fourth-order valence-corrected chi connectivity index (χ4v) is 1.52. The van der Waals surface area contributed by atoms with Gasteiger partial charge in [0.05, 0.1) is 0 Å². The van der Waals surface area contributed by atoms with Gasteiger partial charge in [0.2, 0.25) is 5.67 Å². The van der Waals surface area contributed by atoms with Gasteiger partial charge in [-0.2, -0.15) is 5.26 Å². The lowest BCUT2D eigenvalue weighted by Gasteiger charge is -2.13. The molecule has 1 nitrogen and oxygen atoms in total. The minimum Gasteiger partial charge on any atom is -0.222 e. The monoisotopic (exact) mass is 217 g/mol. The van der Waals surface area contributed by atoms with Gasteiger partial charge in [0.25, 0.3) is 0 Å². The van der Waals surface area contributed by atoms with E-state index in [0.717, 1.165) is 6.92 Å². The van der Waals surface area contributed by atoms with Crippen LogP contribution in [-0.4, -0.2) is 0 Å². The third-order valence-electron chi connectivity index (χ3n) is 1.65. The van der Waals surface area contributed by atoms with E-state index in [-0.39, 0.29) is 10.6 Å². The quantitative estimate of drug-likeness (QED) is 0.704. The van der Waals surface area contributed by atoms with Crippen LogP contribution >= 0.6 is 23.2 Å². The summed E-state index contributed by atoms with van der Waals surface area (Å²) < 4.78 is 13.5. The number of nitrogens with zero attached hydrogens (tertiary/aromatic N) is 1. The number of nitriles is 1. The molecular weight excluding hydrogens is 212 g/mol. The van der Waals surface area contributed by atoms with Crippen molar-refractivity contribution in [3.05, 3.63) is 33.8 Å². The molecule has 0 fully saturated rings. The van der Waals surface area contributed by atoms with Gasteiger partial charge in [-0.15, -0.1) is 0 Å². The zero-order valence-corrected chi connectivity index (χ0v) is 8.33. The molecule has 0 heterocycles. The molecule has 0 aliphatic heterocycles. The van der Waals surface area contributed by atoms with Crippen molar-refractivity contribution in [2.24, 2.45) is 0 Å². The van der Waals surface area contributed by atoms with E-state index in [2.05, 4.69) is 0 Å². The van der Waals surface area contributed by atoms with Gasteiger partial charge in [0.1, 0.15) is 6.07 Å². The molecule has 0 saturated heterocycles. The first-order chi connectivity index (χ1) is 5.97. The highest BCUT2D eigenvalue weighted by molar-refractivity contribution is 6.35. The van der Waals surface area contributed by atoms with Gasteiger partial charge < -0.3 is 0 Å². The Morgan fingerprint density at radius 3 is 2.54 bits per heavy atom. The Morgan fingerprint density at radius 1 is 1.46 bits per heavy atom. The molecule has 0 unspecified atom stereocenters. The normalized spacial score (nSPS) is 14.7. The predicted molar refractivity (Wildman–Crippen MR) is 50.5 cm³/mol. The van der Waals surface area contributed by atoms with E-state index in [4.69, 9.17) is 28.5 Å². The molecule has 0 N–H and O–H groups in total. The van der Waals surface area contributed by atoms with E-state index < -0.39 is 5.67 Å². The van der Waals surface area contributed by atoms with Crippen LogP contribution in [0.15, 0.2) is 18.2 Å². The second-order valence-electron chi connectivity index (χ2n) is 2.74. The van der Waals surface area contributed by atoms with Crippen molar-refractivity contribution in [1.29, 1.82) is 5.26 Å². The number of benzene rings is 1. The van der Waals surface area contributed by atoms with Crippen molar-refractivity contribution in [3.63, 3.8) is 0 Å². The van der Waals surface area contributed by atoms with Gasteiger partial charge in [0, 0.05) is 15.6 Å². The molecule has 0 radical (unpaired) electrons.